The SMILES string of the molecule is O=C(Nc1cc(C#CCO)ccn1)c1c(O)cccc1O. The standard InChI is InChI=1S/C15H12N2O4/c18-8-2-3-10-6-7-16-13(9-10)17-15(21)14-11(19)4-1-5-12(14)20/h1,4-7,9,18-20H,8H2,(H,16,17,21). The third kappa shape index (κ3) is 3.49. The zero-order valence-corrected chi connectivity index (χ0v) is 10.9. The van der Waals surface area contributed by atoms with Gasteiger partial charge in [-0.15, -0.1) is 0 Å². The van der Waals surface area contributed by atoms with Crippen LogP contribution in [0.25, 0.3) is 0 Å². The molecule has 1 aromatic carbocycles. The summed E-state index contributed by atoms with van der Waals surface area (Å²) in [5, 5.41) is 30.3. The molecule has 0 saturated heterocycles. The number of benzene rings is 1. The Kier molecular flexibility index (Phi) is 4.39. The minimum absolute atomic E-state index is 0.215. The van der Waals surface area contributed by atoms with Crippen molar-refractivity contribution >= 4 is 11.7 Å². The lowest BCUT2D eigenvalue weighted by molar-refractivity contribution is 0.102. The molecule has 1 amide bonds. The molecule has 106 valence electrons. The van der Waals surface area contributed by atoms with E-state index in [9.17, 15) is 15.0 Å². The van der Waals surface area contributed by atoms with E-state index in [0.29, 0.717) is 5.56 Å². The van der Waals surface area contributed by atoms with Gasteiger partial charge in [0.2, 0.25) is 0 Å². The van der Waals surface area contributed by atoms with Gasteiger partial charge in [-0.1, -0.05) is 17.9 Å². The van der Waals surface area contributed by atoms with E-state index in [4.69, 9.17) is 5.11 Å². The maximum Gasteiger partial charge on any atom is 0.264 e. The zero-order valence-electron chi connectivity index (χ0n) is 10.9. The van der Waals surface area contributed by atoms with E-state index in [1.165, 1.54) is 30.5 Å². The fourth-order valence-corrected chi connectivity index (χ4v) is 1.66. The van der Waals surface area contributed by atoms with Gasteiger partial charge in [0.15, 0.2) is 0 Å². The summed E-state index contributed by atoms with van der Waals surface area (Å²) in [6, 6.07) is 7.15. The van der Waals surface area contributed by atoms with Gasteiger partial charge in [0.05, 0.1) is 0 Å². The molecule has 4 N–H and O–H groups in total. The molecular formula is C15H12N2O4. The molecule has 0 aliphatic rings. The highest BCUT2D eigenvalue weighted by atomic mass is 16.3. The maximum atomic E-state index is 12.0. The minimum Gasteiger partial charge on any atom is -0.507 e. The summed E-state index contributed by atoms with van der Waals surface area (Å²) in [6.07, 6.45) is 1.45. The van der Waals surface area contributed by atoms with E-state index < -0.39 is 5.91 Å². The number of aromatic hydroxyl groups is 2. The second-order valence-corrected chi connectivity index (χ2v) is 4.02. The van der Waals surface area contributed by atoms with Crippen molar-refractivity contribution in [2.75, 3.05) is 11.9 Å². The Balaban J connectivity index is 2.24. The van der Waals surface area contributed by atoms with Crippen molar-refractivity contribution in [2.24, 2.45) is 0 Å². The molecule has 0 bridgehead atoms. The van der Waals surface area contributed by atoms with Crippen LogP contribution in [0.15, 0.2) is 36.5 Å². The zero-order chi connectivity index (χ0) is 15.2. The Morgan fingerprint density at radius 2 is 1.95 bits per heavy atom. The molecule has 0 aliphatic heterocycles. The highest BCUT2D eigenvalue weighted by Crippen LogP contribution is 2.26. The van der Waals surface area contributed by atoms with Gasteiger partial charge in [0.1, 0.15) is 29.5 Å². The first-order valence-corrected chi connectivity index (χ1v) is 6.00. The number of aromatic nitrogens is 1. The Hall–Kier alpha value is -3.04. The van der Waals surface area contributed by atoms with Crippen LogP contribution in [0.1, 0.15) is 15.9 Å². The van der Waals surface area contributed by atoms with Crippen LogP contribution < -0.4 is 5.32 Å². The molecule has 6 nitrogen and oxygen atoms in total. The van der Waals surface area contributed by atoms with Gasteiger partial charge < -0.3 is 20.6 Å². The number of carbonyl (C=O) groups is 1. The molecule has 2 aromatic rings. The Morgan fingerprint density at radius 1 is 1.24 bits per heavy atom. The van der Waals surface area contributed by atoms with Crippen molar-refractivity contribution < 1.29 is 20.1 Å². The van der Waals surface area contributed by atoms with E-state index in [1.54, 1.807) is 6.07 Å². The average molecular weight is 284 g/mol. The molecule has 0 atom stereocenters. The molecule has 2 rings (SSSR count). The number of phenols is 2. The fraction of sp³-hybridized carbons (Fsp3) is 0.0667. The summed E-state index contributed by atoms with van der Waals surface area (Å²) in [7, 11) is 0. The van der Waals surface area contributed by atoms with Crippen LogP contribution in [0.5, 0.6) is 11.5 Å². The molecule has 0 aliphatic carbocycles. The van der Waals surface area contributed by atoms with Crippen LogP contribution in [0.2, 0.25) is 0 Å². The number of nitrogens with one attached hydrogen (secondary N) is 1. The second kappa shape index (κ2) is 6.41. The third-order valence-corrected chi connectivity index (χ3v) is 2.56. The molecular weight excluding hydrogens is 272 g/mol. The summed E-state index contributed by atoms with van der Waals surface area (Å²) >= 11 is 0. The predicted molar refractivity (Wildman–Crippen MR) is 75.9 cm³/mol. The number of hydrogen-bond donors (Lipinski definition) is 4. The van der Waals surface area contributed by atoms with Crippen molar-refractivity contribution in [3.05, 3.63) is 47.7 Å². The molecule has 1 aromatic heterocycles. The Morgan fingerprint density at radius 3 is 2.62 bits per heavy atom. The second-order valence-electron chi connectivity index (χ2n) is 4.02. The van der Waals surface area contributed by atoms with E-state index >= 15 is 0 Å². The number of nitrogens with zero attached hydrogens (tertiary/aromatic N) is 1. The van der Waals surface area contributed by atoms with Crippen LogP contribution in [0.3, 0.4) is 0 Å². The van der Waals surface area contributed by atoms with Gasteiger partial charge in [0, 0.05) is 11.8 Å². The van der Waals surface area contributed by atoms with Crippen molar-refractivity contribution in [1.82, 2.24) is 4.98 Å². The number of pyridine rings is 1. The number of phenolic OH excluding ortho intramolecular Hbond substituents is 2. The highest BCUT2D eigenvalue weighted by molar-refractivity contribution is 6.07. The number of carbonyl (C=O) groups excluding carboxylic acids is 1. The summed E-state index contributed by atoms with van der Waals surface area (Å²) < 4.78 is 0. The van der Waals surface area contributed by atoms with Crippen LogP contribution in [0.4, 0.5) is 5.82 Å². The maximum absolute atomic E-state index is 12.0. The first-order chi connectivity index (χ1) is 10.1. The van der Waals surface area contributed by atoms with Gasteiger partial charge in [-0.25, -0.2) is 4.98 Å². The Bertz CT molecular complexity index is 712. The van der Waals surface area contributed by atoms with Crippen LogP contribution in [-0.4, -0.2) is 32.8 Å². The molecule has 0 unspecified atom stereocenters. The van der Waals surface area contributed by atoms with Crippen molar-refractivity contribution in [3.8, 4) is 23.3 Å². The van der Waals surface area contributed by atoms with Crippen molar-refractivity contribution in [3.63, 3.8) is 0 Å². The average Bonchev–Trinajstić information content (AvgIpc) is 2.45. The number of rotatable bonds is 2. The van der Waals surface area contributed by atoms with Gasteiger partial charge in [-0.2, -0.15) is 0 Å². The normalized spacial score (nSPS) is 9.57. The molecule has 1 heterocycles. The van der Waals surface area contributed by atoms with Crippen molar-refractivity contribution in [1.29, 1.82) is 0 Å². The quantitative estimate of drug-likeness (QED) is 0.618. The minimum atomic E-state index is -0.689. The molecule has 0 spiro atoms. The van der Waals surface area contributed by atoms with Gasteiger partial charge in [-0.3, -0.25) is 4.79 Å². The summed E-state index contributed by atoms with van der Waals surface area (Å²) in [4.78, 5) is 16.0. The van der Waals surface area contributed by atoms with Crippen LogP contribution in [-0.2, 0) is 0 Å². The van der Waals surface area contributed by atoms with Gasteiger partial charge in [0.25, 0.3) is 5.91 Å². The molecule has 6 heteroatoms. The van der Waals surface area contributed by atoms with Gasteiger partial charge in [-0.05, 0) is 24.3 Å². The third-order valence-electron chi connectivity index (χ3n) is 2.56. The van der Waals surface area contributed by atoms with E-state index in [0.717, 1.165) is 0 Å². The predicted octanol–water partition coefficient (Wildman–Crippen LogP) is 1.09. The summed E-state index contributed by atoms with van der Waals surface area (Å²) in [5.41, 5.74) is 0.335. The first-order valence-electron chi connectivity index (χ1n) is 6.00. The number of aliphatic hydroxyl groups is 1. The monoisotopic (exact) mass is 284 g/mol. The van der Waals surface area contributed by atoms with E-state index in [-0.39, 0.29) is 29.5 Å². The molecule has 0 radical (unpaired) electrons. The van der Waals surface area contributed by atoms with E-state index in [1.807, 2.05) is 0 Å². The van der Waals surface area contributed by atoms with Gasteiger partial charge >= 0.3 is 0 Å². The number of aliphatic hydroxyl groups excluding tert-OH is 1. The number of anilines is 1. The van der Waals surface area contributed by atoms with Crippen molar-refractivity contribution in [2.45, 2.75) is 0 Å². The fourth-order valence-electron chi connectivity index (χ4n) is 1.66. The smallest absolute Gasteiger partial charge is 0.264 e. The molecule has 21 heavy (non-hydrogen) atoms. The Labute approximate surface area is 120 Å². The summed E-state index contributed by atoms with van der Waals surface area (Å²) in [5.74, 6) is 4.03. The topological polar surface area (TPSA) is 103 Å². The highest BCUT2D eigenvalue weighted by Gasteiger charge is 2.16. The lowest BCUT2D eigenvalue weighted by Crippen LogP contribution is -2.13. The largest absolute Gasteiger partial charge is 0.507 e. The van der Waals surface area contributed by atoms with Crippen LogP contribution in [0, 0.1) is 11.8 Å². The van der Waals surface area contributed by atoms with Crippen LogP contribution >= 0.6 is 0 Å². The lowest BCUT2D eigenvalue weighted by Gasteiger charge is -2.07. The molecule has 0 saturated carbocycles. The number of amides is 1. The first kappa shape index (κ1) is 14.4. The number of hydrogen-bond acceptors (Lipinski definition) is 5. The molecule has 0 fully saturated rings. The summed E-state index contributed by atoms with van der Waals surface area (Å²) in [6.45, 7) is -0.268. The van der Waals surface area contributed by atoms with E-state index in [2.05, 4.69) is 22.1 Å². The lowest BCUT2D eigenvalue weighted by atomic mass is 10.1.